The van der Waals surface area contributed by atoms with Crippen molar-refractivity contribution in [2.24, 2.45) is 0 Å². The summed E-state index contributed by atoms with van der Waals surface area (Å²) in [5, 5.41) is 10.7. The molecule has 0 atom stereocenters. The van der Waals surface area contributed by atoms with E-state index in [2.05, 4.69) is 0 Å². The standard InChI is InChI=1S/C11H13ClN2O3S/c1-13(5-6-18-2)11(15)9-4-3-8(14(16)17)7-10(9)12/h3-4,7H,5-6H2,1-2H3. The summed E-state index contributed by atoms with van der Waals surface area (Å²) in [5.74, 6) is 0.594. The summed E-state index contributed by atoms with van der Waals surface area (Å²) >= 11 is 7.53. The van der Waals surface area contributed by atoms with Gasteiger partial charge in [-0.15, -0.1) is 0 Å². The van der Waals surface area contributed by atoms with E-state index in [0.717, 1.165) is 5.75 Å². The highest BCUT2D eigenvalue weighted by molar-refractivity contribution is 7.98. The second-order valence-electron chi connectivity index (χ2n) is 3.64. The molecule has 5 nitrogen and oxygen atoms in total. The zero-order valence-corrected chi connectivity index (χ0v) is 11.6. The van der Waals surface area contributed by atoms with Gasteiger partial charge in [0, 0.05) is 31.5 Å². The summed E-state index contributed by atoms with van der Waals surface area (Å²) in [6, 6.07) is 3.86. The van der Waals surface area contributed by atoms with Crippen molar-refractivity contribution in [3.63, 3.8) is 0 Å². The molecule has 1 aromatic carbocycles. The average Bonchev–Trinajstić information content (AvgIpc) is 2.34. The van der Waals surface area contributed by atoms with E-state index in [1.54, 1.807) is 23.7 Å². The maximum atomic E-state index is 12.0. The van der Waals surface area contributed by atoms with Crippen molar-refractivity contribution in [1.82, 2.24) is 4.90 Å². The lowest BCUT2D eigenvalue weighted by Gasteiger charge is -2.17. The van der Waals surface area contributed by atoms with Gasteiger partial charge >= 0.3 is 0 Å². The van der Waals surface area contributed by atoms with Crippen molar-refractivity contribution in [3.05, 3.63) is 38.9 Å². The molecule has 0 aromatic heterocycles. The number of nitro groups is 1. The molecule has 0 N–H and O–H groups in total. The van der Waals surface area contributed by atoms with Gasteiger partial charge in [0.2, 0.25) is 0 Å². The molecule has 0 fully saturated rings. The van der Waals surface area contributed by atoms with E-state index in [4.69, 9.17) is 11.6 Å². The molecule has 0 aliphatic rings. The Kier molecular flexibility index (Phi) is 5.43. The lowest BCUT2D eigenvalue weighted by molar-refractivity contribution is -0.384. The van der Waals surface area contributed by atoms with Crippen LogP contribution in [-0.2, 0) is 0 Å². The summed E-state index contributed by atoms with van der Waals surface area (Å²) in [6.07, 6.45) is 1.96. The molecule has 0 aliphatic carbocycles. The predicted octanol–water partition coefficient (Wildman–Crippen LogP) is 2.68. The number of nitro benzene ring substituents is 1. The van der Waals surface area contributed by atoms with E-state index >= 15 is 0 Å². The lowest BCUT2D eigenvalue weighted by atomic mass is 10.2. The van der Waals surface area contributed by atoms with Crippen molar-refractivity contribution in [2.45, 2.75) is 0 Å². The molecule has 0 saturated heterocycles. The van der Waals surface area contributed by atoms with Crippen LogP contribution in [-0.4, -0.2) is 41.3 Å². The number of benzene rings is 1. The number of carbonyl (C=O) groups excluding carboxylic acids is 1. The zero-order valence-electron chi connectivity index (χ0n) is 10.1. The smallest absolute Gasteiger partial charge is 0.270 e. The van der Waals surface area contributed by atoms with Crippen molar-refractivity contribution < 1.29 is 9.72 Å². The third-order valence-electron chi connectivity index (χ3n) is 2.37. The van der Waals surface area contributed by atoms with Crippen LogP contribution in [0.2, 0.25) is 5.02 Å². The second kappa shape index (κ2) is 6.61. The quantitative estimate of drug-likeness (QED) is 0.617. The Bertz CT molecular complexity index is 468. The Morgan fingerprint density at radius 2 is 2.22 bits per heavy atom. The van der Waals surface area contributed by atoms with Gasteiger partial charge in [-0.25, -0.2) is 0 Å². The van der Waals surface area contributed by atoms with Crippen LogP contribution in [0.25, 0.3) is 0 Å². The third kappa shape index (κ3) is 3.61. The van der Waals surface area contributed by atoms with Gasteiger partial charge in [0.15, 0.2) is 0 Å². The first-order chi connectivity index (χ1) is 8.47. The number of rotatable bonds is 5. The van der Waals surface area contributed by atoms with Crippen molar-refractivity contribution in [3.8, 4) is 0 Å². The SMILES string of the molecule is CSCCN(C)C(=O)c1ccc([N+](=O)[O-])cc1Cl. The molecule has 0 spiro atoms. The predicted molar refractivity (Wildman–Crippen MR) is 73.4 cm³/mol. The number of carbonyl (C=O) groups is 1. The highest BCUT2D eigenvalue weighted by Gasteiger charge is 2.17. The Labute approximate surface area is 114 Å². The number of hydrogen-bond donors (Lipinski definition) is 0. The van der Waals surface area contributed by atoms with Crippen molar-refractivity contribution in [2.75, 3.05) is 25.6 Å². The van der Waals surface area contributed by atoms with Gasteiger partial charge < -0.3 is 4.90 Å². The molecular weight excluding hydrogens is 276 g/mol. The molecule has 1 amide bonds. The van der Waals surface area contributed by atoms with Crippen molar-refractivity contribution in [1.29, 1.82) is 0 Å². The lowest BCUT2D eigenvalue weighted by Crippen LogP contribution is -2.29. The summed E-state index contributed by atoms with van der Waals surface area (Å²) in [7, 11) is 1.68. The van der Waals surface area contributed by atoms with Crippen LogP contribution in [0.5, 0.6) is 0 Å². The normalized spacial score (nSPS) is 10.2. The van der Waals surface area contributed by atoms with Crippen LogP contribution in [0.4, 0.5) is 5.69 Å². The zero-order chi connectivity index (χ0) is 13.7. The summed E-state index contributed by atoms with van der Waals surface area (Å²) in [5.41, 5.74) is 0.161. The molecule has 0 radical (unpaired) electrons. The second-order valence-corrected chi connectivity index (χ2v) is 5.03. The minimum Gasteiger partial charge on any atom is -0.341 e. The molecule has 7 heteroatoms. The van der Waals surface area contributed by atoms with E-state index < -0.39 is 4.92 Å². The first kappa shape index (κ1) is 14.8. The van der Waals surface area contributed by atoms with Crippen LogP contribution in [0.15, 0.2) is 18.2 Å². The van der Waals surface area contributed by atoms with Gasteiger partial charge in [0.05, 0.1) is 15.5 Å². The van der Waals surface area contributed by atoms with Crippen molar-refractivity contribution >= 4 is 35.0 Å². The largest absolute Gasteiger partial charge is 0.341 e. The summed E-state index contributed by atoms with van der Waals surface area (Å²) in [4.78, 5) is 23.6. The van der Waals surface area contributed by atoms with E-state index in [1.165, 1.54) is 18.2 Å². The first-order valence-electron chi connectivity index (χ1n) is 5.15. The van der Waals surface area contributed by atoms with Crippen LogP contribution < -0.4 is 0 Å². The molecular formula is C11H13ClN2O3S. The fourth-order valence-electron chi connectivity index (χ4n) is 1.33. The first-order valence-corrected chi connectivity index (χ1v) is 6.93. The van der Waals surface area contributed by atoms with Crippen LogP contribution in [0, 0.1) is 10.1 Å². The number of halogens is 1. The average molecular weight is 289 g/mol. The summed E-state index contributed by atoms with van der Waals surface area (Å²) in [6.45, 7) is 0.604. The Hall–Kier alpha value is -1.27. The third-order valence-corrected chi connectivity index (χ3v) is 3.27. The van der Waals surface area contributed by atoms with Gasteiger partial charge in [-0.1, -0.05) is 11.6 Å². The maximum absolute atomic E-state index is 12.0. The maximum Gasteiger partial charge on any atom is 0.270 e. The van der Waals surface area contributed by atoms with E-state index in [0.29, 0.717) is 6.54 Å². The summed E-state index contributed by atoms with van der Waals surface area (Å²) < 4.78 is 0. The fraction of sp³-hybridized carbons (Fsp3) is 0.364. The van der Waals surface area contributed by atoms with E-state index in [-0.39, 0.29) is 22.2 Å². The number of thioether (sulfide) groups is 1. The van der Waals surface area contributed by atoms with Gasteiger partial charge in [0.1, 0.15) is 0 Å². The van der Waals surface area contributed by atoms with Crippen LogP contribution >= 0.6 is 23.4 Å². The molecule has 0 bridgehead atoms. The topological polar surface area (TPSA) is 63.5 Å². The molecule has 0 unspecified atom stereocenters. The highest BCUT2D eigenvalue weighted by atomic mass is 35.5. The molecule has 18 heavy (non-hydrogen) atoms. The van der Waals surface area contributed by atoms with Gasteiger partial charge in [-0.3, -0.25) is 14.9 Å². The van der Waals surface area contributed by atoms with Gasteiger partial charge in [-0.05, 0) is 12.3 Å². The number of hydrogen-bond acceptors (Lipinski definition) is 4. The molecule has 0 aliphatic heterocycles. The Morgan fingerprint density at radius 3 is 2.72 bits per heavy atom. The fourth-order valence-corrected chi connectivity index (χ4v) is 2.04. The number of nitrogens with zero attached hydrogens (tertiary/aromatic N) is 2. The van der Waals surface area contributed by atoms with Gasteiger partial charge in [0.25, 0.3) is 11.6 Å². The Morgan fingerprint density at radius 1 is 1.56 bits per heavy atom. The molecule has 1 aromatic rings. The Balaban J connectivity index is 2.89. The molecule has 98 valence electrons. The van der Waals surface area contributed by atoms with Crippen LogP contribution in [0.3, 0.4) is 0 Å². The minimum atomic E-state index is -0.544. The molecule has 0 heterocycles. The monoisotopic (exact) mass is 288 g/mol. The minimum absolute atomic E-state index is 0.102. The van der Waals surface area contributed by atoms with Crippen LogP contribution in [0.1, 0.15) is 10.4 Å². The van der Waals surface area contributed by atoms with Gasteiger partial charge in [-0.2, -0.15) is 11.8 Å². The number of non-ortho nitro benzene ring substituents is 1. The highest BCUT2D eigenvalue weighted by Crippen LogP contribution is 2.23. The van der Waals surface area contributed by atoms with E-state index in [9.17, 15) is 14.9 Å². The molecule has 0 saturated carbocycles. The number of amides is 1. The molecule has 1 rings (SSSR count). The van der Waals surface area contributed by atoms with E-state index in [1.807, 2.05) is 6.26 Å².